The maximum atomic E-state index is 12.7. The Morgan fingerprint density at radius 1 is 1.03 bits per heavy atom. The van der Waals surface area contributed by atoms with Crippen LogP contribution in [0.3, 0.4) is 0 Å². The van der Waals surface area contributed by atoms with E-state index in [1.807, 2.05) is 79.7 Å². The van der Waals surface area contributed by atoms with Gasteiger partial charge in [0.25, 0.3) is 5.91 Å². The van der Waals surface area contributed by atoms with Crippen LogP contribution in [0.2, 0.25) is 0 Å². The normalized spacial score (nSPS) is 12.5. The van der Waals surface area contributed by atoms with Crippen LogP contribution in [0.5, 0.6) is 10.8 Å². The lowest BCUT2D eigenvalue weighted by Crippen LogP contribution is -2.26. The monoisotopic (exact) mass is 528 g/mol. The molecule has 0 radical (unpaired) electrons. The Morgan fingerprint density at radius 2 is 1.84 bits per heavy atom. The number of rotatable bonds is 9. The molecule has 8 nitrogen and oxygen atoms in total. The molecule has 1 aliphatic rings. The number of hydrogen-bond donors (Lipinski definition) is 3. The van der Waals surface area contributed by atoms with Crippen LogP contribution < -0.4 is 25.4 Å². The minimum absolute atomic E-state index is 0.0918. The van der Waals surface area contributed by atoms with Crippen LogP contribution in [-0.2, 0) is 6.54 Å². The molecule has 0 atom stereocenters. The number of thiazole rings is 1. The van der Waals surface area contributed by atoms with E-state index in [2.05, 4.69) is 16.0 Å². The first-order valence-electron chi connectivity index (χ1n) is 12.3. The van der Waals surface area contributed by atoms with E-state index in [0.29, 0.717) is 33.7 Å². The Balaban J connectivity index is 1.39. The van der Waals surface area contributed by atoms with Crippen LogP contribution in [-0.4, -0.2) is 30.1 Å². The number of carbonyl (C=O) groups is 2. The maximum Gasteiger partial charge on any atom is 0.413 e. The Morgan fingerprint density at radius 3 is 2.61 bits per heavy atom. The van der Waals surface area contributed by atoms with Crippen molar-refractivity contribution >= 4 is 34.2 Å². The summed E-state index contributed by atoms with van der Waals surface area (Å²) in [4.78, 5) is 30.0. The predicted molar refractivity (Wildman–Crippen MR) is 148 cm³/mol. The first-order valence-corrected chi connectivity index (χ1v) is 13.1. The number of carbonyl (C=O) groups excluding carboxylic acids is 2. The molecular formula is C29H28N4O4S. The minimum Gasteiger partial charge on any atom is -0.497 e. The fourth-order valence-electron chi connectivity index (χ4n) is 3.78. The molecule has 1 aromatic heterocycles. The lowest BCUT2D eigenvalue weighted by atomic mass is 10.1. The molecule has 38 heavy (non-hydrogen) atoms. The molecule has 194 valence electrons. The zero-order chi connectivity index (χ0) is 26.5. The number of aromatic nitrogens is 1. The molecule has 1 saturated carbocycles. The van der Waals surface area contributed by atoms with Crippen LogP contribution in [0.4, 0.5) is 15.6 Å². The molecule has 3 aromatic carbocycles. The second-order valence-corrected chi connectivity index (χ2v) is 9.98. The predicted octanol–water partition coefficient (Wildman–Crippen LogP) is 6.05. The van der Waals surface area contributed by atoms with E-state index < -0.39 is 6.09 Å². The number of amides is 2. The molecule has 1 fully saturated rings. The van der Waals surface area contributed by atoms with Gasteiger partial charge in [0.2, 0.25) is 5.06 Å². The molecule has 9 heteroatoms. The van der Waals surface area contributed by atoms with Crippen molar-refractivity contribution in [1.82, 2.24) is 15.6 Å². The van der Waals surface area contributed by atoms with E-state index in [0.717, 1.165) is 35.2 Å². The van der Waals surface area contributed by atoms with Gasteiger partial charge < -0.3 is 25.4 Å². The van der Waals surface area contributed by atoms with E-state index in [-0.39, 0.29) is 11.9 Å². The van der Waals surface area contributed by atoms with Gasteiger partial charge in [-0.25, -0.2) is 9.78 Å². The highest BCUT2D eigenvalue weighted by molar-refractivity contribution is 7.18. The largest absolute Gasteiger partial charge is 0.497 e. The van der Waals surface area contributed by atoms with Crippen LogP contribution in [0.15, 0.2) is 72.8 Å². The number of benzene rings is 3. The minimum atomic E-state index is -0.580. The molecule has 1 heterocycles. The maximum absolute atomic E-state index is 12.7. The number of aryl methyl sites for hydroxylation is 1. The molecule has 5 rings (SSSR count). The van der Waals surface area contributed by atoms with Crippen molar-refractivity contribution in [2.45, 2.75) is 32.4 Å². The van der Waals surface area contributed by atoms with Crippen molar-refractivity contribution in [3.8, 4) is 22.1 Å². The third kappa shape index (κ3) is 6.30. The zero-order valence-electron chi connectivity index (χ0n) is 21.1. The number of nitrogens with zero attached hydrogens (tertiary/aromatic N) is 1. The van der Waals surface area contributed by atoms with Gasteiger partial charge in [-0.05, 0) is 55.2 Å². The summed E-state index contributed by atoms with van der Waals surface area (Å²) >= 11 is 1.21. The quantitative estimate of drug-likeness (QED) is 0.244. The Bertz CT molecular complexity index is 1450. The summed E-state index contributed by atoms with van der Waals surface area (Å²) in [6.45, 7) is 2.29. The third-order valence-electron chi connectivity index (χ3n) is 6.06. The van der Waals surface area contributed by atoms with Gasteiger partial charge in [0, 0.05) is 29.4 Å². The first-order chi connectivity index (χ1) is 18.5. The topological polar surface area (TPSA) is 102 Å². The summed E-state index contributed by atoms with van der Waals surface area (Å²) in [5.41, 5.74) is 4.49. The zero-order valence-corrected chi connectivity index (χ0v) is 21.9. The van der Waals surface area contributed by atoms with E-state index >= 15 is 0 Å². The fourth-order valence-corrected chi connectivity index (χ4v) is 4.63. The van der Waals surface area contributed by atoms with Crippen LogP contribution in [0.1, 0.15) is 34.3 Å². The van der Waals surface area contributed by atoms with E-state index in [1.165, 1.54) is 11.3 Å². The molecule has 0 bridgehead atoms. The molecule has 1 aliphatic carbocycles. The van der Waals surface area contributed by atoms with E-state index in [1.54, 1.807) is 7.11 Å². The van der Waals surface area contributed by atoms with Crippen molar-refractivity contribution in [3.63, 3.8) is 0 Å². The van der Waals surface area contributed by atoms with Gasteiger partial charge in [0.1, 0.15) is 11.4 Å². The summed E-state index contributed by atoms with van der Waals surface area (Å²) in [6, 6.07) is 22.8. The molecule has 0 unspecified atom stereocenters. The summed E-state index contributed by atoms with van der Waals surface area (Å²) in [6.07, 6.45) is 1.47. The van der Waals surface area contributed by atoms with Crippen LogP contribution >= 0.6 is 11.3 Å². The van der Waals surface area contributed by atoms with Crippen LogP contribution in [0, 0.1) is 6.92 Å². The Kier molecular flexibility index (Phi) is 7.55. The lowest BCUT2D eigenvalue weighted by Gasteiger charge is -2.10. The standard InChI is InChI=1S/C29H28N4O4S/c1-18-11-12-21(26(34)31-22-13-14-22)16-24(18)32-28-33-25(20-9-6-10-23(15-20)36-2)27(38-28)37-29(35)30-17-19-7-4-3-5-8-19/h3-12,15-16,22H,13-14,17H2,1-2H3,(H,30,35)(H,31,34)(H,32,33). The summed E-state index contributed by atoms with van der Waals surface area (Å²) in [7, 11) is 1.59. The van der Waals surface area contributed by atoms with Crippen molar-refractivity contribution in [3.05, 3.63) is 89.5 Å². The number of anilines is 2. The summed E-state index contributed by atoms with van der Waals surface area (Å²) in [5.74, 6) is 0.570. The molecule has 0 aliphatic heterocycles. The van der Waals surface area contributed by atoms with Crippen molar-refractivity contribution in [2.24, 2.45) is 0 Å². The number of methoxy groups -OCH3 is 1. The highest BCUT2D eigenvalue weighted by Crippen LogP contribution is 2.40. The van der Waals surface area contributed by atoms with Crippen molar-refractivity contribution < 1.29 is 19.1 Å². The van der Waals surface area contributed by atoms with Crippen LogP contribution in [0.25, 0.3) is 11.3 Å². The average Bonchev–Trinajstić information content (AvgIpc) is 3.67. The summed E-state index contributed by atoms with van der Waals surface area (Å²) in [5, 5.41) is 9.98. The molecule has 3 N–H and O–H groups in total. The van der Waals surface area contributed by atoms with Gasteiger partial charge >= 0.3 is 6.09 Å². The highest BCUT2D eigenvalue weighted by Gasteiger charge is 2.24. The van der Waals surface area contributed by atoms with Crippen molar-refractivity contribution in [1.29, 1.82) is 0 Å². The van der Waals surface area contributed by atoms with E-state index in [9.17, 15) is 9.59 Å². The second-order valence-electron chi connectivity index (χ2n) is 9.02. The van der Waals surface area contributed by atoms with Gasteiger partial charge in [-0.15, -0.1) is 0 Å². The molecule has 2 amide bonds. The smallest absolute Gasteiger partial charge is 0.413 e. The number of ether oxygens (including phenoxy) is 2. The van der Waals surface area contributed by atoms with E-state index in [4.69, 9.17) is 14.5 Å². The fraction of sp³-hybridized carbons (Fsp3) is 0.207. The lowest BCUT2D eigenvalue weighted by molar-refractivity contribution is 0.0951. The molecule has 0 spiro atoms. The average molecular weight is 529 g/mol. The molecule has 0 saturated heterocycles. The third-order valence-corrected chi connectivity index (χ3v) is 6.91. The SMILES string of the molecule is COc1cccc(-c2nc(Nc3cc(C(=O)NC4CC4)ccc3C)sc2OC(=O)NCc2ccccc2)c1. The molecule has 4 aromatic rings. The van der Waals surface area contributed by atoms with Gasteiger partial charge in [-0.2, -0.15) is 0 Å². The second kappa shape index (κ2) is 11.4. The Hall–Kier alpha value is -4.37. The first kappa shape index (κ1) is 25.3. The van der Waals surface area contributed by atoms with Gasteiger partial charge in [-0.1, -0.05) is 59.9 Å². The Labute approximate surface area is 225 Å². The summed E-state index contributed by atoms with van der Waals surface area (Å²) < 4.78 is 11.1. The molecular weight excluding hydrogens is 500 g/mol. The van der Waals surface area contributed by atoms with Gasteiger partial charge in [0.05, 0.1) is 7.11 Å². The highest BCUT2D eigenvalue weighted by atomic mass is 32.1. The van der Waals surface area contributed by atoms with Gasteiger partial charge in [0.15, 0.2) is 5.13 Å². The van der Waals surface area contributed by atoms with Crippen molar-refractivity contribution in [2.75, 3.05) is 12.4 Å². The van der Waals surface area contributed by atoms with Gasteiger partial charge in [-0.3, -0.25) is 4.79 Å². The number of nitrogens with one attached hydrogen (secondary N) is 3. The number of hydrogen-bond acceptors (Lipinski definition) is 7.